The molecule has 4 nitrogen and oxygen atoms in total. The van der Waals surface area contributed by atoms with Gasteiger partial charge in [0.15, 0.2) is 0 Å². The molecule has 0 fully saturated rings. The Bertz CT molecular complexity index is 832. The number of hydrogen-bond acceptors (Lipinski definition) is 4. The fourth-order valence-corrected chi connectivity index (χ4v) is 3.49. The molecule has 1 heterocycles. The number of nitrogens with zero attached hydrogens (tertiary/aromatic N) is 2. The molecule has 0 spiro atoms. The Hall–Kier alpha value is -1.95. The number of anilines is 1. The second-order valence-electron chi connectivity index (χ2n) is 5.09. The molecule has 3 rings (SSSR count). The molecule has 0 atom stereocenters. The summed E-state index contributed by atoms with van der Waals surface area (Å²) in [6.45, 7) is 0. The molecule has 122 valence electrons. The van der Waals surface area contributed by atoms with E-state index in [-0.39, 0.29) is 12.3 Å². The monoisotopic (exact) mass is 377 g/mol. The summed E-state index contributed by atoms with van der Waals surface area (Å²) >= 11 is 13.5. The van der Waals surface area contributed by atoms with Crippen molar-refractivity contribution in [2.45, 2.75) is 12.8 Å². The van der Waals surface area contributed by atoms with Gasteiger partial charge in [0.2, 0.25) is 11.0 Å². The molecule has 3 aromatic rings. The summed E-state index contributed by atoms with van der Waals surface area (Å²) < 4.78 is 0. The Labute approximate surface area is 153 Å². The normalized spacial score (nSPS) is 10.6. The molecule has 0 aliphatic rings. The minimum atomic E-state index is -0.229. The van der Waals surface area contributed by atoms with Crippen LogP contribution in [0, 0.1) is 0 Å². The van der Waals surface area contributed by atoms with Crippen molar-refractivity contribution in [1.82, 2.24) is 10.2 Å². The van der Waals surface area contributed by atoms with Crippen LogP contribution in [0.25, 0.3) is 0 Å². The lowest BCUT2D eigenvalue weighted by Gasteiger charge is -2.06. The van der Waals surface area contributed by atoms with Gasteiger partial charge in [-0.25, -0.2) is 0 Å². The zero-order valence-corrected chi connectivity index (χ0v) is 14.8. The van der Waals surface area contributed by atoms with E-state index >= 15 is 0 Å². The number of nitrogens with one attached hydrogen (secondary N) is 1. The summed E-state index contributed by atoms with van der Waals surface area (Å²) in [6.07, 6.45) is 0.775. The number of halogens is 2. The van der Waals surface area contributed by atoms with Crippen LogP contribution < -0.4 is 5.32 Å². The molecule has 1 amide bonds. The third-order valence-corrected chi connectivity index (χ3v) is 4.86. The number of carbonyl (C=O) groups is 1. The third kappa shape index (κ3) is 4.32. The molecule has 0 aliphatic heterocycles. The standard InChI is InChI=1S/C17H13Cl2N3OS/c18-13-7-4-8-14(19)12(13)10-15(23)20-17-22-21-16(24-17)9-11-5-2-1-3-6-11/h1-8H,9-10H2,(H,20,22,23). The lowest BCUT2D eigenvalue weighted by molar-refractivity contribution is -0.115. The molecule has 24 heavy (non-hydrogen) atoms. The highest BCUT2D eigenvalue weighted by atomic mass is 35.5. The first kappa shape index (κ1) is 16.9. The number of benzene rings is 2. The van der Waals surface area contributed by atoms with E-state index in [9.17, 15) is 4.79 Å². The van der Waals surface area contributed by atoms with Crippen LogP contribution in [0.1, 0.15) is 16.1 Å². The van der Waals surface area contributed by atoms with Gasteiger partial charge in [-0.2, -0.15) is 0 Å². The maximum absolute atomic E-state index is 12.2. The highest BCUT2D eigenvalue weighted by Gasteiger charge is 2.13. The molecule has 2 aromatic carbocycles. The summed E-state index contributed by atoms with van der Waals surface area (Å²) in [5.41, 5.74) is 1.75. The zero-order valence-electron chi connectivity index (χ0n) is 12.5. The Morgan fingerprint density at radius 1 is 1.00 bits per heavy atom. The number of carbonyl (C=O) groups excluding carboxylic acids is 1. The average molecular weight is 378 g/mol. The Morgan fingerprint density at radius 2 is 1.71 bits per heavy atom. The third-order valence-electron chi connectivity index (χ3n) is 3.31. The average Bonchev–Trinajstić information content (AvgIpc) is 2.99. The molecule has 0 radical (unpaired) electrons. The van der Waals surface area contributed by atoms with Crippen LogP contribution in [-0.4, -0.2) is 16.1 Å². The van der Waals surface area contributed by atoms with Crippen LogP contribution in [0.3, 0.4) is 0 Å². The summed E-state index contributed by atoms with van der Waals surface area (Å²) in [5, 5.41) is 13.1. The highest BCUT2D eigenvalue weighted by Crippen LogP contribution is 2.25. The SMILES string of the molecule is O=C(Cc1c(Cl)cccc1Cl)Nc1nnc(Cc2ccccc2)s1. The predicted octanol–water partition coefficient (Wildman–Crippen LogP) is 4.62. The van der Waals surface area contributed by atoms with E-state index < -0.39 is 0 Å². The summed E-state index contributed by atoms with van der Waals surface area (Å²) in [6, 6.07) is 15.1. The van der Waals surface area contributed by atoms with E-state index in [1.807, 2.05) is 30.3 Å². The van der Waals surface area contributed by atoms with E-state index in [4.69, 9.17) is 23.2 Å². The minimum Gasteiger partial charge on any atom is -0.300 e. The van der Waals surface area contributed by atoms with Crippen molar-refractivity contribution in [1.29, 1.82) is 0 Å². The first-order valence-corrected chi connectivity index (χ1v) is 8.78. The quantitative estimate of drug-likeness (QED) is 0.705. The van der Waals surface area contributed by atoms with Crippen molar-refractivity contribution in [3.63, 3.8) is 0 Å². The molecule has 0 unspecified atom stereocenters. The van der Waals surface area contributed by atoms with Gasteiger partial charge in [-0.05, 0) is 23.3 Å². The van der Waals surface area contributed by atoms with E-state index in [0.29, 0.717) is 27.2 Å². The van der Waals surface area contributed by atoms with Crippen LogP contribution in [0.2, 0.25) is 10.0 Å². The van der Waals surface area contributed by atoms with Crippen molar-refractivity contribution < 1.29 is 4.79 Å². The molecular formula is C17H13Cl2N3OS. The van der Waals surface area contributed by atoms with Gasteiger partial charge in [0.25, 0.3) is 0 Å². The van der Waals surface area contributed by atoms with Gasteiger partial charge >= 0.3 is 0 Å². The topological polar surface area (TPSA) is 54.9 Å². The van der Waals surface area contributed by atoms with E-state index in [1.54, 1.807) is 18.2 Å². The van der Waals surface area contributed by atoms with Crippen molar-refractivity contribution in [3.8, 4) is 0 Å². The Kier molecular flexibility index (Phi) is 5.45. The van der Waals surface area contributed by atoms with Gasteiger partial charge < -0.3 is 5.32 Å². The first-order valence-electron chi connectivity index (χ1n) is 7.21. The van der Waals surface area contributed by atoms with Crippen molar-refractivity contribution in [3.05, 3.63) is 74.7 Å². The van der Waals surface area contributed by atoms with Gasteiger partial charge in [0.1, 0.15) is 5.01 Å². The van der Waals surface area contributed by atoms with Gasteiger partial charge in [0, 0.05) is 16.5 Å². The molecule has 1 aromatic heterocycles. The minimum absolute atomic E-state index is 0.0894. The highest BCUT2D eigenvalue weighted by molar-refractivity contribution is 7.15. The molecule has 0 saturated heterocycles. The molecule has 7 heteroatoms. The maximum Gasteiger partial charge on any atom is 0.230 e. The van der Waals surface area contributed by atoms with Gasteiger partial charge in [-0.3, -0.25) is 4.79 Å². The smallest absolute Gasteiger partial charge is 0.230 e. The number of rotatable bonds is 5. The van der Waals surface area contributed by atoms with Gasteiger partial charge in [-0.15, -0.1) is 10.2 Å². The van der Waals surface area contributed by atoms with Gasteiger partial charge in [-0.1, -0.05) is 70.9 Å². The fourth-order valence-electron chi connectivity index (χ4n) is 2.17. The van der Waals surface area contributed by atoms with Crippen LogP contribution in [0.5, 0.6) is 0 Å². The first-order chi connectivity index (χ1) is 11.6. The van der Waals surface area contributed by atoms with Crippen LogP contribution in [0.15, 0.2) is 48.5 Å². The summed E-state index contributed by atoms with van der Waals surface area (Å²) in [7, 11) is 0. The molecular weight excluding hydrogens is 365 g/mol. The van der Waals surface area contributed by atoms with Crippen LogP contribution in [-0.2, 0) is 17.6 Å². The molecule has 0 saturated carbocycles. The predicted molar refractivity (Wildman–Crippen MR) is 98.0 cm³/mol. The molecule has 0 aliphatic carbocycles. The lowest BCUT2D eigenvalue weighted by atomic mass is 10.1. The van der Waals surface area contributed by atoms with E-state index in [0.717, 1.165) is 10.6 Å². The zero-order chi connectivity index (χ0) is 16.9. The van der Waals surface area contributed by atoms with E-state index in [2.05, 4.69) is 15.5 Å². The number of aromatic nitrogens is 2. The second kappa shape index (κ2) is 7.75. The Balaban J connectivity index is 1.63. The van der Waals surface area contributed by atoms with E-state index in [1.165, 1.54) is 11.3 Å². The van der Waals surface area contributed by atoms with Gasteiger partial charge in [0.05, 0.1) is 6.42 Å². The fraction of sp³-hybridized carbons (Fsp3) is 0.118. The molecule has 1 N–H and O–H groups in total. The van der Waals surface area contributed by atoms with Crippen molar-refractivity contribution >= 4 is 45.6 Å². The largest absolute Gasteiger partial charge is 0.300 e. The second-order valence-corrected chi connectivity index (χ2v) is 6.96. The number of amides is 1. The summed E-state index contributed by atoms with van der Waals surface area (Å²) in [4.78, 5) is 12.2. The van der Waals surface area contributed by atoms with Crippen molar-refractivity contribution in [2.75, 3.05) is 5.32 Å². The van der Waals surface area contributed by atoms with Crippen LogP contribution >= 0.6 is 34.5 Å². The number of hydrogen-bond donors (Lipinski definition) is 1. The summed E-state index contributed by atoms with van der Waals surface area (Å²) in [5.74, 6) is -0.229. The molecule has 0 bridgehead atoms. The maximum atomic E-state index is 12.2. The Morgan fingerprint density at radius 3 is 2.42 bits per heavy atom. The van der Waals surface area contributed by atoms with Crippen LogP contribution in [0.4, 0.5) is 5.13 Å². The lowest BCUT2D eigenvalue weighted by Crippen LogP contribution is -2.14. The van der Waals surface area contributed by atoms with Crippen molar-refractivity contribution in [2.24, 2.45) is 0 Å².